The van der Waals surface area contributed by atoms with E-state index in [1.54, 1.807) is 22.7 Å². The van der Waals surface area contributed by atoms with Crippen LogP contribution in [0.3, 0.4) is 0 Å². The lowest BCUT2D eigenvalue weighted by Crippen LogP contribution is -2.41. The van der Waals surface area contributed by atoms with Gasteiger partial charge in [0.05, 0.1) is 21.2 Å². The fourth-order valence-electron chi connectivity index (χ4n) is 2.20. The highest BCUT2D eigenvalue weighted by molar-refractivity contribution is 7.99. The first-order chi connectivity index (χ1) is 11.4. The van der Waals surface area contributed by atoms with Gasteiger partial charge in [-0.15, -0.1) is 22.7 Å². The van der Waals surface area contributed by atoms with Gasteiger partial charge in [-0.25, -0.2) is 4.98 Å². The van der Waals surface area contributed by atoms with E-state index in [-0.39, 0.29) is 11.4 Å². The molecule has 7 heteroatoms. The monoisotopic (exact) mass is 377 g/mol. The van der Waals surface area contributed by atoms with E-state index >= 15 is 0 Å². The SMILES string of the molecule is CC(C)(C)NC(=O)CSc1nc(-c2cccs2)c(-c2cccs2)[nH]1. The van der Waals surface area contributed by atoms with Crippen molar-refractivity contribution in [2.45, 2.75) is 31.5 Å². The molecule has 0 unspecified atom stereocenters. The van der Waals surface area contributed by atoms with E-state index in [4.69, 9.17) is 4.98 Å². The summed E-state index contributed by atoms with van der Waals surface area (Å²) in [5.41, 5.74) is 1.75. The van der Waals surface area contributed by atoms with Crippen LogP contribution in [0.1, 0.15) is 20.8 Å². The first kappa shape index (κ1) is 17.3. The molecule has 2 N–H and O–H groups in total. The van der Waals surface area contributed by atoms with Crippen molar-refractivity contribution in [2.24, 2.45) is 0 Å². The van der Waals surface area contributed by atoms with Crippen molar-refractivity contribution in [1.29, 1.82) is 0 Å². The number of thioether (sulfide) groups is 1. The molecule has 0 aliphatic carbocycles. The maximum atomic E-state index is 12.0. The second-order valence-electron chi connectivity index (χ2n) is 6.31. The number of H-pyrrole nitrogens is 1. The molecule has 126 valence electrons. The zero-order valence-corrected chi connectivity index (χ0v) is 16.2. The van der Waals surface area contributed by atoms with Gasteiger partial charge in [0.2, 0.25) is 5.91 Å². The molecule has 24 heavy (non-hydrogen) atoms. The van der Waals surface area contributed by atoms with Crippen LogP contribution in [-0.2, 0) is 4.79 Å². The van der Waals surface area contributed by atoms with E-state index in [9.17, 15) is 4.79 Å². The highest BCUT2D eigenvalue weighted by atomic mass is 32.2. The Morgan fingerprint density at radius 1 is 1.21 bits per heavy atom. The van der Waals surface area contributed by atoms with Crippen LogP contribution in [0.15, 0.2) is 40.2 Å². The molecule has 0 aliphatic rings. The summed E-state index contributed by atoms with van der Waals surface area (Å²) in [6.45, 7) is 5.94. The summed E-state index contributed by atoms with van der Waals surface area (Å²) in [5.74, 6) is 0.359. The highest BCUT2D eigenvalue weighted by Gasteiger charge is 2.18. The number of imidazole rings is 1. The predicted octanol–water partition coefficient (Wildman–Crippen LogP) is 4.87. The Hall–Kier alpha value is -1.57. The number of thiophene rings is 2. The predicted molar refractivity (Wildman–Crippen MR) is 104 cm³/mol. The lowest BCUT2D eigenvalue weighted by molar-refractivity contribution is -0.119. The first-order valence-electron chi connectivity index (χ1n) is 7.54. The zero-order valence-electron chi connectivity index (χ0n) is 13.8. The molecule has 0 radical (unpaired) electrons. The Kier molecular flexibility index (Phi) is 5.12. The molecule has 1 amide bonds. The van der Waals surface area contributed by atoms with Crippen LogP contribution in [0.5, 0.6) is 0 Å². The number of rotatable bonds is 5. The maximum absolute atomic E-state index is 12.0. The molecule has 0 atom stereocenters. The van der Waals surface area contributed by atoms with Gasteiger partial charge in [0, 0.05) is 5.54 Å². The summed E-state index contributed by atoms with van der Waals surface area (Å²) in [7, 11) is 0. The molecular formula is C17H19N3OS3. The van der Waals surface area contributed by atoms with Crippen LogP contribution < -0.4 is 5.32 Å². The van der Waals surface area contributed by atoms with Crippen molar-refractivity contribution in [2.75, 3.05) is 5.75 Å². The Morgan fingerprint density at radius 3 is 2.46 bits per heavy atom. The third-order valence-corrected chi connectivity index (χ3v) is 5.70. The quantitative estimate of drug-likeness (QED) is 0.624. The van der Waals surface area contributed by atoms with E-state index in [1.807, 2.05) is 38.3 Å². The van der Waals surface area contributed by atoms with Crippen molar-refractivity contribution in [3.05, 3.63) is 35.0 Å². The van der Waals surface area contributed by atoms with Gasteiger partial charge in [0.1, 0.15) is 5.69 Å². The van der Waals surface area contributed by atoms with E-state index in [0.717, 1.165) is 26.3 Å². The third kappa shape index (κ3) is 4.28. The standard InChI is InChI=1S/C17H19N3OS3/c1-17(2,3)20-13(21)10-24-16-18-14(11-6-4-8-22-11)15(19-16)12-7-5-9-23-12/h4-9H,10H2,1-3H3,(H,18,19)(H,20,21). The number of nitrogens with zero attached hydrogens (tertiary/aromatic N) is 1. The minimum absolute atomic E-state index is 0.0132. The molecule has 0 aliphatic heterocycles. The number of hydrogen-bond acceptors (Lipinski definition) is 5. The topological polar surface area (TPSA) is 57.8 Å². The lowest BCUT2D eigenvalue weighted by atomic mass is 10.1. The van der Waals surface area contributed by atoms with Crippen LogP contribution in [0.2, 0.25) is 0 Å². The first-order valence-corrected chi connectivity index (χ1v) is 10.3. The number of amides is 1. The van der Waals surface area contributed by atoms with E-state index < -0.39 is 0 Å². The molecule has 0 fully saturated rings. The van der Waals surface area contributed by atoms with Gasteiger partial charge in [-0.3, -0.25) is 4.79 Å². The summed E-state index contributed by atoms with van der Waals surface area (Å²) < 4.78 is 0. The number of nitrogens with one attached hydrogen (secondary N) is 2. The van der Waals surface area contributed by atoms with Gasteiger partial charge in [-0.1, -0.05) is 23.9 Å². The summed E-state index contributed by atoms with van der Waals surface area (Å²) in [6, 6.07) is 8.20. The van der Waals surface area contributed by atoms with Gasteiger partial charge in [0.15, 0.2) is 5.16 Å². The Balaban J connectivity index is 1.80. The molecule has 0 spiro atoms. The molecular weight excluding hydrogens is 358 g/mol. The summed E-state index contributed by atoms with van der Waals surface area (Å²) in [4.78, 5) is 22.4. The number of carbonyl (C=O) groups excluding carboxylic acids is 1. The van der Waals surface area contributed by atoms with Crippen molar-refractivity contribution in [3.8, 4) is 21.1 Å². The van der Waals surface area contributed by atoms with Crippen LogP contribution >= 0.6 is 34.4 Å². The van der Waals surface area contributed by atoms with Crippen molar-refractivity contribution in [3.63, 3.8) is 0 Å². The summed E-state index contributed by atoms with van der Waals surface area (Å²) >= 11 is 4.77. The van der Waals surface area contributed by atoms with Crippen LogP contribution in [0.25, 0.3) is 21.1 Å². The molecule has 3 rings (SSSR count). The number of hydrogen-bond donors (Lipinski definition) is 2. The third-order valence-electron chi connectivity index (χ3n) is 3.06. The van der Waals surface area contributed by atoms with Crippen LogP contribution in [0, 0.1) is 0 Å². The number of aromatic amines is 1. The molecule has 3 heterocycles. The largest absolute Gasteiger partial charge is 0.351 e. The van der Waals surface area contributed by atoms with Gasteiger partial charge >= 0.3 is 0 Å². The molecule has 0 aromatic carbocycles. The zero-order chi connectivity index (χ0) is 17.2. The summed E-state index contributed by atoms with van der Waals surface area (Å²) in [5, 5.41) is 7.84. The number of aromatic nitrogens is 2. The summed E-state index contributed by atoms with van der Waals surface area (Å²) in [6.07, 6.45) is 0. The fraction of sp³-hybridized carbons (Fsp3) is 0.294. The van der Waals surface area contributed by atoms with E-state index in [2.05, 4.69) is 27.8 Å². The smallest absolute Gasteiger partial charge is 0.230 e. The second-order valence-corrected chi connectivity index (χ2v) is 9.17. The van der Waals surface area contributed by atoms with E-state index in [1.165, 1.54) is 11.8 Å². The molecule has 0 saturated heterocycles. The Bertz CT molecular complexity index is 747. The minimum Gasteiger partial charge on any atom is -0.351 e. The van der Waals surface area contributed by atoms with Crippen LogP contribution in [-0.4, -0.2) is 27.2 Å². The molecule has 0 bridgehead atoms. The highest BCUT2D eigenvalue weighted by Crippen LogP contribution is 2.36. The average molecular weight is 378 g/mol. The van der Waals surface area contributed by atoms with Crippen molar-refractivity contribution >= 4 is 40.3 Å². The van der Waals surface area contributed by atoms with Gasteiger partial charge < -0.3 is 10.3 Å². The Morgan fingerprint density at radius 2 is 1.88 bits per heavy atom. The normalized spacial score (nSPS) is 11.6. The molecule has 0 saturated carbocycles. The van der Waals surface area contributed by atoms with Crippen molar-refractivity contribution in [1.82, 2.24) is 15.3 Å². The second kappa shape index (κ2) is 7.13. The lowest BCUT2D eigenvalue weighted by Gasteiger charge is -2.20. The van der Waals surface area contributed by atoms with Crippen molar-refractivity contribution < 1.29 is 4.79 Å². The van der Waals surface area contributed by atoms with Gasteiger partial charge in [-0.05, 0) is 43.7 Å². The fourth-order valence-corrected chi connectivity index (χ4v) is 4.32. The Labute approximate surface area is 153 Å². The van der Waals surface area contributed by atoms with Crippen LogP contribution in [0.4, 0.5) is 0 Å². The molecule has 3 aromatic rings. The van der Waals surface area contributed by atoms with Gasteiger partial charge in [-0.2, -0.15) is 0 Å². The van der Waals surface area contributed by atoms with Gasteiger partial charge in [0.25, 0.3) is 0 Å². The van der Waals surface area contributed by atoms with E-state index in [0.29, 0.717) is 5.75 Å². The minimum atomic E-state index is -0.217. The maximum Gasteiger partial charge on any atom is 0.230 e. The molecule has 4 nitrogen and oxygen atoms in total. The average Bonchev–Trinajstić information content (AvgIpc) is 3.22. The molecule has 3 aromatic heterocycles. The number of carbonyl (C=O) groups is 1.